The van der Waals surface area contributed by atoms with Crippen LogP contribution in [0.15, 0.2) is 0 Å². The molecule has 0 aromatic carbocycles. The van der Waals surface area contributed by atoms with Gasteiger partial charge in [0.1, 0.15) is 12.7 Å². The zero-order chi connectivity index (χ0) is 9.14. The third kappa shape index (κ3) is 1.55. The van der Waals surface area contributed by atoms with Crippen molar-refractivity contribution in [2.75, 3.05) is 13.2 Å². The van der Waals surface area contributed by atoms with Crippen LogP contribution in [0.1, 0.15) is 13.3 Å². The van der Waals surface area contributed by atoms with Crippen molar-refractivity contribution in [3.8, 4) is 0 Å². The normalized spacial score (nSPS) is 23.2. The van der Waals surface area contributed by atoms with Gasteiger partial charge in [0.05, 0.1) is 6.54 Å². The average Bonchev–Trinajstić information content (AvgIpc) is 2.32. The second-order valence-corrected chi connectivity index (χ2v) is 2.98. The van der Waals surface area contributed by atoms with Crippen LogP contribution in [0.2, 0.25) is 0 Å². The number of hydrogen-bond donors (Lipinski definition) is 1. The molecule has 0 aliphatic carbocycles. The lowest BCUT2D eigenvalue weighted by atomic mass is 10.2. The van der Waals surface area contributed by atoms with Crippen LogP contribution < -0.4 is 5.32 Å². The van der Waals surface area contributed by atoms with Crippen molar-refractivity contribution in [3.05, 3.63) is 0 Å². The Morgan fingerprint density at radius 3 is 2.83 bits per heavy atom. The summed E-state index contributed by atoms with van der Waals surface area (Å²) in [6.07, 6.45) is 0.682. The van der Waals surface area contributed by atoms with Gasteiger partial charge >= 0.3 is 0 Å². The summed E-state index contributed by atoms with van der Waals surface area (Å²) in [5.41, 5.74) is 0. The van der Waals surface area contributed by atoms with Gasteiger partial charge in [0.2, 0.25) is 0 Å². The molecule has 1 saturated heterocycles. The van der Waals surface area contributed by atoms with E-state index in [2.05, 4.69) is 5.32 Å². The van der Waals surface area contributed by atoms with E-state index in [1.165, 1.54) is 4.90 Å². The Labute approximate surface area is 75.9 Å². The first-order chi connectivity index (χ1) is 5.70. The van der Waals surface area contributed by atoms with Crippen molar-refractivity contribution < 1.29 is 9.18 Å². The van der Waals surface area contributed by atoms with Crippen molar-refractivity contribution >= 4 is 23.2 Å². The summed E-state index contributed by atoms with van der Waals surface area (Å²) in [5, 5.41) is 3.18. The van der Waals surface area contributed by atoms with Crippen molar-refractivity contribution in [3.63, 3.8) is 0 Å². The minimum Gasteiger partial charge on any atom is -0.350 e. The van der Waals surface area contributed by atoms with Gasteiger partial charge in [-0.2, -0.15) is 0 Å². The number of thiocarbonyl (C=S) groups is 1. The fourth-order valence-corrected chi connectivity index (χ4v) is 1.47. The Morgan fingerprint density at radius 1 is 1.75 bits per heavy atom. The third-order valence-electron chi connectivity index (χ3n) is 1.82. The van der Waals surface area contributed by atoms with E-state index in [4.69, 9.17) is 12.2 Å². The molecule has 0 radical (unpaired) electrons. The molecule has 0 aromatic heterocycles. The van der Waals surface area contributed by atoms with Crippen LogP contribution >= 0.6 is 12.2 Å². The second-order valence-electron chi connectivity index (χ2n) is 2.59. The molecule has 1 atom stereocenters. The number of rotatable bonds is 3. The predicted octanol–water partition coefficient (Wildman–Crippen LogP) is 0.451. The molecule has 0 unspecified atom stereocenters. The Morgan fingerprint density at radius 2 is 2.42 bits per heavy atom. The first-order valence-electron chi connectivity index (χ1n) is 3.88. The molecule has 3 nitrogen and oxygen atoms in total. The maximum absolute atomic E-state index is 11.9. The van der Waals surface area contributed by atoms with Gasteiger partial charge < -0.3 is 5.32 Å². The third-order valence-corrected chi connectivity index (χ3v) is 2.16. The number of halogens is 1. The maximum Gasteiger partial charge on any atom is 0.251 e. The van der Waals surface area contributed by atoms with E-state index in [0.717, 1.165) is 0 Å². The lowest BCUT2D eigenvalue weighted by Crippen LogP contribution is -2.33. The fraction of sp³-hybridized carbons (Fsp3) is 0.714. The Kier molecular flexibility index (Phi) is 2.97. The lowest BCUT2D eigenvalue weighted by Gasteiger charge is -2.11. The highest BCUT2D eigenvalue weighted by Crippen LogP contribution is 2.08. The molecule has 68 valence electrons. The standard InChI is InChI=1S/C7H11FN2OS/c1-2-5-6(11)10(4-3-8)7(12)9-5/h5H,2-4H2,1H3,(H,9,12)/t5-/m1/s1. The van der Waals surface area contributed by atoms with Crippen LogP contribution in [0.5, 0.6) is 0 Å². The number of nitrogens with one attached hydrogen (secondary N) is 1. The average molecular weight is 190 g/mol. The van der Waals surface area contributed by atoms with E-state index < -0.39 is 6.67 Å². The van der Waals surface area contributed by atoms with Gasteiger partial charge in [0.15, 0.2) is 5.11 Å². The molecule has 0 saturated carbocycles. The SMILES string of the molecule is CC[C@H]1NC(=S)N(CCF)C1=O. The summed E-state index contributed by atoms with van der Waals surface area (Å²) in [6, 6.07) is -0.246. The van der Waals surface area contributed by atoms with E-state index in [1.54, 1.807) is 0 Å². The molecular formula is C7H11FN2OS. The van der Waals surface area contributed by atoms with Gasteiger partial charge in [-0.25, -0.2) is 4.39 Å². The van der Waals surface area contributed by atoms with Gasteiger partial charge in [0.25, 0.3) is 5.91 Å². The molecule has 1 aliphatic heterocycles. The first kappa shape index (κ1) is 9.38. The fourth-order valence-electron chi connectivity index (χ4n) is 1.15. The Bertz CT molecular complexity index is 210. The quantitative estimate of drug-likeness (QED) is 0.656. The van der Waals surface area contributed by atoms with E-state index in [1.807, 2.05) is 6.92 Å². The first-order valence-corrected chi connectivity index (χ1v) is 4.29. The largest absolute Gasteiger partial charge is 0.350 e. The summed E-state index contributed by atoms with van der Waals surface area (Å²) in [4.78, 5) is 12.6. The minimum absolute atomic E-state index is 0.0706. The van der Waals surface area contributed by atoms with Gasteiger partial charge in [-0.05, 0) is 18.6 Å². The van der Waals surface area contributed by atoms with E-state index in [0.29, 0.717) is 11.5 Å². The second kappa shape index (κ2) is 3.80. The van der Waals surface area contributed by atoms with Crippen molar-refractivity contribution in [2.24, 2.45) is 0 Å². The predicted molar refractivity (Wildman–Crippen MR) is 47.5 cm³/mol. The summed E-state index contributed by atoms with van der Waals surface area (Å²) in [7, 11) is 0. The van der Waals surface area contributed by atoms with E-state index in [-0.39, 0.29) is 18.5 Å². The number of carbonyl (C=O) groups is 1. The maximum atomic E-state index is 11.9. The molecule has 1 rings (SSSR count). The van der Waals surface area contributed by atoms with Crippen LogP contribution in [-0.4, -0.2) is 35.2 Å². The van der Waals surface area contributed by atoms with E-state index >= 15 is 0 Å². The van der Waals surface area contributed by atoms with Crippen LogP contribution in [0.3, 0.4) is 0 Å². The summed E-state index contributed by atoms with van der Waals surface area (Å²) in [5.74, 6) is -0.111. The smallest absolute Gasteiger partial charge is 0.251 e. The number of alkyl halides is 1. The van der Waals surface area contributed by atoms with Crippen LogP contribution in [-0.2, 0) is 4.79 Å². The highest BCUT2D eigenvalue weighted by molar-refractivity contribution is 7.80. The number of nitrogens with zero attached hydrogens (tertiary/aromatic N) is 1. The van der Waals surface area contributed by atoms with Crippen LogP contribution in [0.4, 0.5) is 4.39 Å². The van der Waals surface area contributed by atoms with Gasteiger partial charge in [-0.15, -0.1) is 0 Å². The molecule has 0 bridgehead atoms. The van der Waals surface area contributed by atoms with Gasteiger partial charge in [0, 0.05) is 0 Å². The van der Waals surface area contributed by atoms with Crippen molar-refractivity contribution in [2.45, 2.75) is 19.4 Å². The zero-order valence-electron chi connectivity index (χ0n) is 6.84. The Balaban J connectivity index is 2.64. The minimum atomic E-state index is -0.552. The summed E-state index contributed by atoms with van der Waals surface area (Å²) < 4.78 is 11.9. The summed E-state index contributed by atoms with van der Waals surface area (Å²) in [6.45, 7) is 1.41. The van der Waals surface area contributed by atoms with Gasteiger partial charge in [-0.1, -0.05) is 6.92 Å². The number of carbonyl (C=O) groups excluding carboxylic acids is 1. The monoisotopic (exact) mass is 190 g/mol. The number of hydrogen-bond acceptors (Lipinski definition) is 2. The number of amides is 1. The molecule has 1 amide bonds. The Hall–Kier alpha value is -0.710. The molecular weight excluding hydrogens is 179 g/mol. The molecule has 5 heteroatoms. The lowest BCUT2D eigenvalue weighted by molar-refractivity contribution is -0.127. The highest BCUT2D eigenvalue weighted by atomic mass is 32.1. The molecule has 0 aromatic rings. The highest BCUT2D eigenvalue weighted by Gasteiger charge is 2.33. The van der Waals surface area contributed by atoms with Crippen molar-refractivity contribution in [1.82, 2.24) is 10.2 Å². The zero-order valence-corrected chi connectivity index (χ0v) is 7.66. The molecule has 1 N–H and O–H groups in total. The molecule has 0 spiro atoms. The molecule has 1 fully saturated rings. The topological polar surface area (TPSA) is 32.3 Å². The molecule has 1 aliphatic rings. The van der Waals surface area contributed by atoms with Gasteiger partial charge in [-0.3, -0.25) is 9.69 Å². The van der Waals surface area contributed by atoms with Crippen LogP contribution in [0.25, 0.3) is 0 Å². The molecule has 1 heterocycles. The molecule has 12 heavy (non-hydrogen) atoms. The summed E-state index contributed by atoms with van der Waals surface area (Å²) >= 11 is 4.85. The van der Waals surface area contributed by atoms with E-state index in [9.17, 15) is 9.18 Å². The van der Waals surface area contributed by atoms with Crippen LogP contribution in [0, 0.1) is 0 Å². The van der Waals surface area contributed by atoms with Crippen molar-refractivity contribution in [1.29, 1.82) is 0 Å².